The molecule has 2 aromatic rings. The molecule has 0 atom stereocenters. The number of hydrogen-bond acceptors (Lipinski definition) is 1. The minimum Gasteiger partial charge on any atom is -0.478 e. The molecule has 2 rings (SSSR count). The van der Waals surface area contributed by atoms with Gasteiger partial charge in [0.2, 0.25) is 0 Å². The molecule has 108 valence electrons. The van der Waals surface area contributed by atoms with Crippen LogP contribution in [0.15, 0.2) is 48.5 Å². The number of hydrogen-bond donors (Lipinski definition) is 1. The number of aliphatic carboxylic acids is 1. The zero-order valence-electron chi connectivity index (χ0n) is 11.4. The summed E-state index contributed by atoms with van der Waals surface area (Å²) in [5.74, 6) is -1.90. The summed E-state index contributed by atoms with van der Waals surface area (Å²) in [6.45, 7) is 1.82. The van der Waals surface area contributed by atoms with E-state index < -0.39 is 11.8 Å². The third kappa shape index (κ3) is 3.34. The third-order valence-electron chi connectivity index (χ3n) is 3.19. The second-order valence-electron chi connectivity index (χ2n) is 4.53. The zero-order chi connectivity index (χ0) is 15.4. The molecule has 2 nitrogen and oxygen atoms in total. The van der Waals surface area contributed by atoms with E-state index in [1.54, 1.807) is 12.1 Å². The molecule has 0 spiro atoms. The molecule has 0 aliphatic rings. The van der Waals surface area contributed by atoms with Gasteiger partial charge in [-0.15, -0.1) is 0 Å². The molecule has 1 N–H and O–H groups in total. The number of carbonyl (C=O) groups is 1. The van der Waals surface area contributed by atoms with E-state index in [1.165, 1.54) is 36.4 Å². The number of carboxylic acids is 1. The molecule has 0 aliphatic carbocycles. The monoisotopic (exact) mass is 288 g/mol. The number of carboxylic acid groups (broad SMARTS) is 1. The molecule has 0 aromatic heterocycles. The van der Waals surface area contributed by atoms with Gasteiger partial charge in [0.25, 0.3) is 0 Å². The molecular formula is C17H14F2O2. The van der Waals surface area contributed by atoms with Crippen LogP contribution in [0.25, 0.3) is 11.1 Å². The highest BCUT2D eigenvalue weighted by molar-refractivity contribution is 6.23. The highest BCUT2D eigenvalue weighted by atomic mass is 19.1. The van der Waals surface area contributed by atoms with E-state index in [4.69, 9.17) is 0 Å². The lowest BCUT2D eigenvalue weighted by Crippen LogP contribution is -2.04. The Morgan fingerprint density at radius 2 is 1.33 bits per heavy atom. The number of rotatable bonds is 4. The quantitative estimate of drug-likeness (QED) is 0.670. The Morgan fingerprint density at radius 1 is 0.905 bits per heavy atom. The lowest BCUT2D eigenvalue weighted by molar-refractivity contribution is -0.130. The molecule has 0 radical (unpaired) electrons. The summed E-state index contributed by atoms with van der Waals surface area (Å²) in [5.41, 5.74) is 1.74. The lowest BCUT2D eigenvalue weighted by Gasteiger charge is -2.12. The van der Waals surface area contributed by atoms with Crippen molar-refractivity contribution in [1.29, 1.82) is 0 Å². The number of benzene rings is 2. The summed E-state index contributed by atoms with van der Waals surface area (Å²) in [6, 6.07) is 11.0. The maximum absolute atomic E-state index is 13.0. The van der Waals surface area contributed by atoms with Gasteiger partial charge in [0, 0.05) is 0 Å². The number of halogens is 2. The fourth-order valence-electron chi connectivity index (χ4n) is 2.22. The molecule has 0 fully saturated rings. The van der Waals surface area contributed by atoms with Gasteiger partial charge in [0.1, 0.15) is 11.6 Å². The summed E-state index contributed by atoms with van der Waals surface area (Å²) in [7, 11) is 0. The van der Waals surface area contributed by atoms with E-state index in [0.29, 0.717) is 23.1 Å². The summed E-state index contributed by atoms with van der Waals surface area (Å²) < 4.78 is 26.0. The zero-order valence-corrected chi connectivity index (χ0v) is 11.4. The van der Waals surface area contributed by atoms with Crippen LogP contribution in [0.3, 0.4) is 0 Å². The van der Waals surface area contributed by atoms with E-state index in [1.807, 2.05) is 6.92 Å². The maximum atomic E-state index is 13.0. The van der Waals surface area contributed by atoms with Gasteiger partial charge in [-0.3, -0.25) is 0 Å². The maximum Gasteiger partial charge on any atom is 0.336 e. The molecule has 0 bridgehead atoms. The van der Waals surface area contributed by atoms with E-state index >= 15 is 0 Å². The molecule has 0 heterocycles. The summed E-state index contributed by atoms with van der Waals surface area (Å²) in [6.07, 6.45) is 0.463. The Balaban J connectivity index is 2.62. The predicted octanol–water partition coefficient (Wildman–Crippen LogP) is 4.37. The lowest BCUT2D eigenvalue weighted by atomic mass is 9.93. The largest absolute Gasteiger partial charge is 0.478 e. The standard InChI is InChI=1S/C17H14F2O2/c1-2-15(11-3-7-13(18)8-4-11)16(17(20)21)12-5-9-14(19)10-6-12/h3-10H,2H2,1H3,(H,20,21)/b16-15+. The van der Waals surface area contributed by atoms with Gasteiger partial charge in [-0.05, 0) is 47.4 Å². The van der Waals surface area contributed by atoms with Gasteiger partial charge in [0.15, 0.2) is 0 Å². The van der Waals surface area contributed by atoms with Gasteiger partial charge in [-0.1, -0.05) is 31.2 Å². The first-order valence-electron chi connectivity index (χ1n) is 6.51. The highest BCUT2D eigenvalue weighted by Crippen LogP contribution is 2.29. The SMILES string of the molecule is CC/C(=C(\C(=O)O)c1ccc(F)cc1)c1ccc(F)cc1. The van der Waals surface area contributed by atoms with Crippen molar-refractivity contribution in [2.24, 2.45) is 0 Å². The molecule has 21 heavy (non-hydrogen) atoms. The fourth-order valence-corrected chi connectivity index (χ4v) is 2.22. The van der Waals surface area contributed by atoms with Gasteiger partial charge in [0.05, 0.1) is 5.57 Å². The molecule has 4 heteroatoms. The van der Waals surface area contributed by atoms with Crippen LogP contribution in [-0.2, 0) is 4.79 Å². The van der Waals surface area contributed by atoms with Crippen molar-refractivity contribution >= 4 is 17.1 Å². The molecular weight excluding hydrogens is 274 g/mol. The fraction of sp³-hybridized carbons (Fsp3) is 0.118. The first kappa shape index (κ1) is 14.9. The van der Waals surface area contributed by atoms with Crippen molar-refractivity contribution in [1.82, 2.24) is 0 Å². The first-order valence-corrected chi connectivity index (χ1v) is 6.51. The molecule has 0 aliphatic heterocycles. The normalized spacial score (nSPS) is 12.0. The molecule has 2 aromatic carbocycles. The van der Waals surface area contributed by atoms with Gasteiger partial charge < -0.3 is 5.11 Å². The molecule has 0 unspecified atom stereocenters. The van der Waals surface area contributed by atoms with Gasteiger partial charge in [-0.2, -0.15) is 0 Å². The van der Waals surface area contributed by atoms with Crippen LogP contribution >= 0.6 is 0 Å². The van der Waals surface area contributed by atoms with E-state index in [-0.39, 0.29) is 11.4 Å². The average Bonchev–Trinajstić information content (AvgIpc) is 2.47. The smallest absolute Gasteiger partial charge is 0.336 e. The van der Waals surface area contributed by atoms with Crippen LogP contribution in [0, 0.1) is 11.6 Å². The molecule has 0 saturated carbocycles. The van der Waals surface area contributed by atoms with Crippen LogP contribution in [0.4, 0.5) is 8.78 Å². The Labute approximate surface area is 121 Å². The van der Waals surface area contributed by atoms with Crippen molar-refractivity contribution < 1.29 is 18.7 Å². The minimum absolute atomic E-state index is 0.101. The van der Waals surface area contributed by atoms with Crippen LogP contribution < -0.4 is 0 Å². The van der Waals surface area contributed by atoms with Crippen LogP contribution in [0.2, 0.25) is 0 Å². The molecule has 0 saturated heterocycles. The second kappa shape index (κ2) is 6.31. The highest BCUT2D eigenvalue weighted by Gasteiger charge is 2.17. The van der Waals surface area contributed by atoms with Crippen molar-refractivity contribution in [3.63, 3.8) is 0 Å². The topological polar surface area (TPSA) is 37.3 Å². The molecule has 0 amide bonds. The van der Waals surface area contributed by atoms with Gasteiger partial charge >= 0.3 is 5.97 Å². The summed E-state index contributed by atoms with van der Waals surface area (Å²) in [4.78, 5) is 11.6. The summed E-state index contributed by atoms with van der Waals surface area (Å²) >= 11 is 0. The Bertz CT molecular complexity index is 671. The summed E-state index contributed by atoms with van der Waals surface area (Å²) in [5, 5.41) is 9.49. The second-order valence-corrected chi connectivity index (χ2v) is 4.53. The van der Waals surface area contributed by atoms with E-state index in [0.717, 1.165) is 0 Å². The van der Waals surface area contributed by atoms with Gasteiger partial charge in [-0.25, -0.2) is 13.6 Å². The van der Waals surface area contributed by atoms with E-state index in [2.05, 4.69) is 0 Å². The van der Waals surface area contributed by atoms with Crippen molar-refractivity contribution in [2.75, 3.05) is 0 Å². The van der Waals surface area contributed by atoms with Crippen molar-refractivity contribution in [3.8, 4) is 0 Å². The van der Waals surface area contributed by atoms with Crippen LogP contribution in [0.5, 0.6) is 0 Å². The van der Waals surface area contributed by atoms with Crippen LogP contribution in [0.1, 0.15) is 24.5 Å². The average molecular weight is 288 g/mol. The predicted molar refractivity (Wildman–Crippen MR) is 77.5 cm³/mol. The van der Waals surface area contributed by atoms with Crippen molar-refractivity contribution in [2.45, 2.75) is 13.3 Å². The third-order valence-corrected chi connectivity index (χ3v) is 3.19. The Hall–Kier alpha value is -2.49. The van der Waals surface area contributed by atoms with Crippen molar-refractivity contribution in [3.05, 3.63) is 71.3 Å². The Morgan fingerprint density at radius 3 is 1.71 bits per heavy atom. The Kier molecular flexibility index (Phi) is 4.48. The van der Waals surface area contributed by atoms with Crippen LogP contribution in [-0.4, -0.2) is 11.1 Å². The minimum atomic E-state index is -1.09. The number of allylic oxidation sites excluding steroid dienone is 1. The van der Waals surface area contributed by atoms with E-state index in [9.17, 15) is 18.7 Å². The first-order chi connectivity index (χ1) is 10.0.